The summed E-state index contributed by atoms with van der Waals surface area (Å²) >= 11 is 3.39. The highest BCUT2D eigenvalue weighted by molar-refractivity contribution is 9.10. The highest BCUT2D eigenvalue weighted by atomic mass is 79.9. The van der Waals surface area contributed by atoms with E-state index in [-0.39, 0.29) is 11.7 Å². The van der Waals surface area contributed by atoms with Gasteiger partial charge in [-0.15, -0.1) is 0 Å². The topological polar surface area (TPSA) is 62.1 Å². The summed E-state index contributed by atoms with van der Waals surface area (Å²) in [6.45, 7) is 4.53. The van der Waals surface area contributed by atoms with E-state index in [1.807, 2.05) is 24.3 Å². The van der Waals surface area contributed by atoms with E-state index in [0.29, 0.717) is 18.7 Å². The molecular weight excluding hydrogens is 372 g/mol. The maximum atomic E-state index is 11.6. The zero-order chi connectivity index (χ0) is 17.5. The number of phenolic OH excluding ortho intramolecular Hbond substituents is 1. The van der Waals surface area contributed by atoms with Gasteiger partial charge >= 0.3 is 5.97 Å². The van der Waals surface area contributed by atoms with Crippen LogP contribution < -0.4 is 0 Å². The minimum atomic E-state index is -0.352. The summed E-state index contributed by atoms with van der Waals surface area (Å²) in [6, 6.07) is 5.26. The minimum Gasteiger partial charge on any atom is -0.508 e. The summed E-state index contributed by atoms with van der Waals surface area (Å²) in [5.74, 6) is -0.136. The lowest BCUT2D eigenvalue weighted by Crippen LogP contribution is -2.17. The van der Waals surface area contributed by atoms with Crippen molar-refractivity contribution in [3.05, 3.63) is 63.7 Å². The van der Waals surface area contributed by atoms with Crippen LogP contribution in [0.1, 0.15) is 12.0 Å². The average molecular weight is 391 g/mol. The second-order valence-electron chi connectivity index (χ2n) is 5.24. The summed E-state index contributed by atoms with van der Waals surface area (Å²) < 4.78 is 5.62. The Morgan fingerprint density at radius 2 is 2.33 bits per heavy atom. The number of allylic oxidation sites excluding steroid dienone is 3. The molecule has 6 heteroatoms. The highest BCUT2D eigenvalue weighted by Crippen LogP contribution is 2.23. The van der Waals surface area contributed by atoms with Crippen molar-refractivity contribution in [2.75, 3.05) is 13.7 Å². The molecule has 5 nitrogen and oxygen atoms in total. The number of benzene rings is 1. The summed E-state index contributed by atoms with van der Waals surface area (Å²) in [4.78, 5) is 11.6. The Kier molecular flexibility index (Phi) is 6.37. The molecule has 0 unspecified atom stereocenters. The first-order valence-corrected chi connectivity index (χ1v) is 8.17. The molecule has 0 aliphatic heterocycles. The Morgan fingerprint density at radius 1 is 1.54 bits per heavy atom. The first-order valence-electron chi connectivity index (χ1n) is 7.38. The van der Waals surface area contributed by atoms with Gasteiger partial charge in [-0.2, -0.15) is 5.10 Å². The molecule has 1 aromatic carbocycles. The lowest BCUT2D eigenvalue weighted by molar-refractivity contribution is -0.135. The van der Waals surface area contributed by atoms with Gasteiger partial charge in [-0.1, -0.05) is 34.2 Å². The van der Waals surface area contributed by atoms with E-state index in [0.717, 1.165) is 22.0 Å². The molecule has 0 saturated heterocycles. The second kappa shape index (κ2) is 8.49. The van der Waals surface area contributed by atoms with Gasteiger partial charge in [0.1, 0.15) is 5.75 Å². The molecule has 1 aliphatic rings. The molecule has 2 rings (SSSR count). The maximum Gasteiger partial charge on any atom is 0.337 e. The molecule has 0 amide bonds. The van der Waals surface area contributed by atoms with Crippen molar-refractivity contribution in [3.8, 4) is 5.75 Å². The number of methoxy groups -OCH3 is 1. The van der Waals surface area contributed by atoms with Crippen molar-refractivity contribution < 1.29 is 14.6 Å². The van der Waals surface area contributed by atoms with Crippen LogP contribution in [0.25, 0.3) is 0 Å². The molecule has 1 aliphatic carbocycles. The van der Waals surface area contributed by atoms with Crippen LogP contribution in [0.3, 0.4) is 0 Å². The van der Waals surface area contributed by atoms with Gasteiger partial charge < -0.3 is 9.84 Å². The van der Waals surface area contributed by atoms with E-state index in [4.69, 9.17) is 4.74 Å². The van der Waals surface area contributed by atoms with Gasteiger partial charge in [0.2, 0.25) is 0 Å². The summed E-state index contributed by atoms with van der Waals surface area (Å²) in [7, 11) is 1.36. The number of rotatable bonds is 6. The number of carbonyl (C=O) groups excluding carboxylic acids is 1. The molecule has 0 radical (unpaired) electrons. The largest absolute Gasteiger partial charge is 0.508 e. The Labute approximate surface area is 149 Å². The third-order valence-electron chi connectivity index (χ3n) is 3.57. The van der Waals surface area contributed by atoms with E-state index in [1.54, 1.807) is 23.2 Å². The average Bonchev–Trinajstić information content (AvgIpc) is 2.61. The monoisotopic (exact) mass is 390 g/mol. The van der Waals surface area contributed by atoms with E-state index in [9.17, 15) is 9.90 Å². The zero-order valence-corrected chi connectivity index (χ0v) is 15.0. The normalized spacial score (nSPS) is 15.1. The van der Waals surface area contributed by atoms with E-state index in [1.165, 1.54) is 7.11 Å². The lowest BCUT2D eigenvalue weighted by Gasteiger charge is -2.18. The number of hydrazone groups is 1. The Balaban J connectivity index is 2.07. The summed E-state index contributed by atoms with van der Waals surface area (Å²) in [6.07, 6.45) is 8.21. The standard InChI is InChI=1S/C18H19BrN2O3/c1-20-21(12-15-11-16(19)6-7-17(15)22)9-8-13-4-3-5-14(10-13)18(23)24-2/h3,5-8,10-11,22H,1,4,9,12H2,2H3/b13-8-. The van der Waals surface area contributed by atoms with Crippen LogP contribution in [0.2, 0.25) is 0 Å². The Morgan fingerprint density at radius 3 is 3.04 bits per heavy atom. The quantitative estimate of drug-likeness (QED) is 0.458. The number of esters is 1. The molecule has 0 atom stereocenters. The van der Waals surface area contributed by atoms with Crippen LogP contribution >= 0.6 is 15.9 Å². The third kappa shape index (κ3) is 4.83. The van der Waals surface area contributed by atoms with Crippen molar-refractivity contribution in [1.29, 1.82) is 0 Å². The van der Waals surface area contributed by atoms with E-state index < -0.39 is 0 Å². The van der Waals surface area contributed by atoms with Crippen molar-refractivity contribution in [2.45, 2.75) is 13.0 Å². The van der Waals surface area contributed by atoms with Crippen LogP contribution in [0.15, 0.2) is 63.2 Å². The van der Waals surface area contributed by atoms with Gasteiger partial charge in [0, 0.05) is 16.8 Å². The third-order valence-corrected chi connectivity index (χ3v) is 4.06. The minimum absolute atomic E-state index is 0.216. The van der Waals surface area contributed by atoms with Crippen molar-refractivity contribution in [2.24, 2.45) is 5.10 Å². The fourth-order valence-electron chi connectivity index (χ4n) is 2.29. The molecule has 1 aromatic rings. The van der Waals surface area contributed by atoms with Crippen molar-refractivity contribution in [3.63, 3.8) is 0 Å². The molecule has 0 fully saturated rings. The smallest absolute Gasteiger partial charge is 0.337 e. The summed E-state index contributed by atoms with van der Waals surface area (Å²) in [5, 5.41) is 15.6. The molecular formula is C18H19BrN2O3. The molecule has 0 bridgehead atoms. The fraction of sp³-hybridized carbons (Fsp3) is 0.222. The zero-order valence-electron chi connectivity index (χ0n) is 13.4. The van der Waals surface area contributed by atoms with Crippen LogP contribution in [0, 0.1) is 0 Å². The van der Waals surface area contributed by atoms with Crippen molar-refractivity contribution >= 4 is 28.6 Å². The SMILES string of the molecule is C=NN(C/C=C1\C=C(C(=O)OC)C=CC1)Cc1cc(Br)ccc1O. The molecule has 0 saturated carbocycles. The number of halogens is 1. The lowest BCUT2D eigenvalue weighted by atomic mass is 10.0. The van der Waals surface area contributed by atoms with Gasteiger partial charge in [-0.25, -0.2) is 4.79 Å². The first-order chi connectivity index (χ1) is 11.5. The van der Waals surface area contributed by atoms with Gasteiger partial charge in [0.15, 0.2) is 0 Å². The Bertz CT molecular complexity index is 723. The van der Waals surface area contributed by atoms with Crippen LogP contribution in [-0.2, 0) is 16.1 Å². The Hall–Kier alpha value is -2.34. The molecule has 0 aromatic heterocycles. The number of nitrogens with zero attached hydrogens (tertiary/aromatic N) is 2. The van der Waals surface area contributed by atoms with Crippen molar-refractivity contribution in [1.82, 2.24) is 5.01 Å². The van der Waals surface area contributed by atoms with Crippen LogP contribution in [0.5, 0.6) is 5.75 Å². The van der Waals surface area contributed by atoms with E-state index >= 15 is 0 Å². The number of aromatic hydroxyl groups is 1. The molecule has 1 N–H and O–H groups in total. The number of ether oxygens (including phenoxy) is 1. The summed E-state index contributed by atoms with van der Waals surface area (Å²) in [5.41, 5.74) is 2.28. The molecule has 0 heterocycles. The van der Waals surface area contributed by atoms with Crippen LogP contribution in [-0.4, -0.2) is 36.5 Å². The molecule has 0 spiro atoms. The van der Waals surface area contributed by atoms with Gasteiger partial charge in [0.05, 0.1) is 25.8 Å². The predicted molar refractivity (Wildman–Crippen MR) is 97.7 cm³/mol. The van der Waals surface area contributed by atoms with Gasteiger partial charge in [-0.05, 0) is 36.3 Å². The number of phenols is 1. The molecule has 126 valence electrons. The second-order valence-corrected chi connectivity index (χ2v) is 6.15. The number of hydrogen-bond donors (Lipinski definition) is 1. The van der Waals surface area contributed by atoms with Crippen LogP contribution in [0.4, 0.5) is 0 Å². The molecule has 24 heavy (non-hydrogen) atoms. The first kappa shape index (κ1) is 18.0. The predicted octanol–water partition coefficient (Wildman–Crippen LogP) is 3.56. The van der Waals surface area contributed by atoms with Gasteiger partial charge in [-0.3, -0.25) is 5.01 Å². The highest BCUT2D eigenvalue weighted by Gasteiger charge is 2.11. The number of carbonyl (C=O) groups is 1. The van der Waals surface area contributed by atoms with E-state index in [2.05, 4.69) is 27.7 Å². The maximum absolute atomic E-state index is 11.6. The fourth-order valence-corrected chi connectivity index (χ4v) is 2.70. The van der Waals surface area contributed by atoms with Gasteiger partial charge in [0.25, 0.3) is 0 Å². The number of hydrogen-bond acceptors (Lipinski definition) is 5.